The van der Waals surface area contributed by atoms with Crippen LogP contribution in [-0.4, -0.2) is 42.3 Å². The number of amides is 1. The Hall–Kier alpha value is -2.80. The van der Waals surface area contributed by atoms with Gasteiger partial charge >= 0.3 is 5.97 Å². The summed E-state index contributed by atoms with van der Waals surface area (Å²) in [5.41, 5.74) is 5.98. The van der Waals surface area contributed by atoms with Gasteiger partial charge in [0.2, 0.25) is 0 Å². The maximum absolute atomic E-state index is 12.3. The van der Waals surface area contributed by atoms with E-state index in [0.29, 0.717) is 11.1 Å². The van der Waals surface area contributed by atoms with Crippen LogP contribution in [0.1, 0.15) is 29.8 Å². The lowest BCUT2D eigenvalue weighted by Crippen LogP contribution is -2.59. The molecule has 1 aromatic carbocycles. The van der Waals surface area contributed by atoms with Crippen molar-refractivity contribution < 1.29 is 19.4 Å². The topological polar surface area (TPSA) is 102 Å². The molecule has 0 saturated carbocycles. The van der Waals surface area contributed by atoms with Gasteiger partial charge in [0.25, 0.3) is 5.91 Å². The number of nitrogens with two attached hydrogens (primary N) is 1. The average Bonchev–Trinajstić information content (AvgIpc) is 2.55. The maximum Gasteiger partial charge on any atom is 0.330 e. The van der Waals surface area contributed by atoms with Gasteiger partial charge in [-0.3, -0.25) is 4.79 Å². The molecule has 0 bridgehead atoms. The lowest BCUT2D eigenvalue weighted by molar-refractivity contribution is -0.144. The highest BCUT2D eigenvalue weighted by atomic mass is 16.5. The van der Waals surface area contributed by atoms with Gasteiger partial charge in [-0.05, 0) is 50.0 Å². The third-order valence-corrected chi connectivity index (χ3v) is 3.04. The fraction of sp³-hybridized carbons (Fsp3) is 0.333. The predicted octanol–water partition coefficient (Wildman–Crippen LogP) is 0.0425. The van der Waals surface area contributed by atoms with Crippen molar-refractivity contribution in [3.8, 4) is 23.7 Å². The Kier molecular flexibility index (Phi) is 7.00. The molecule has 0 unspecified atom stereocenters. The van der Waals surface area contributed by atoms with E-state index in [9.17, 15) is 9.59 Å². The summed E-state index contributed by atoms with van der Waals surface area (Å²) in [5.74, 6) is 9.19. The molecule has 1 atom stereocenters. The molecule has 0 heterocycles. The first kappa shape index (κ1) is 19.2. The quantitative estimate of drug-likeness (QED) is 0.535. The number of rotatable bonds is 4. The van der Waals surface area contributed by atoms with Gasteiger partial charge in [0.05, 0.1) is 7.11 Å². The summed E-state index contributed by atoms with van der Waals surface area (Å²) in [6.07, 6.45) is 0. The minimum Gasteiger partial charge on any atom is -0.467 e. The Balaban J connectivity index is 2.87. The van der Waals surface area contributed by atoms with E-state index in [2.05, 4.69) is 33.7 Å². The summed E-state index contributed by atoms with van der Waals surface area (Å²) in [6, 6.07) is 5.50. The van der Waals surface area contributed by atoms with Crippen LogP contribution in [0.25, 0.3) is 0 Å². The fourth-order valence-electron chi connectivity index (χ4n) is 1.77. The molecule has 0 aliphatic heterocycles. The molecular weight excluding hydrogens is 308 g/mol. The number of aliphatic hydroxyl groups is 1. The van der Waals surface area contributed by atoms with Crippen LogP contribution in [-0.2, 0) is 9.53 Å². The van der Waals surface area contributed by atoms with E-state index in [4.69, 9.17) is 10.8 Å². The fourth-order valence-corrected chi connectivity index (χ4v) is 1.77. The summed E-state index contributed by atoms with van der Waals surface area (Å²) in [6.45, 7) is 3.01. The zero-order chi connectivity index (χ0) is 18.2. The molecule has 0 spiro atoms. The molecule has 0 saturated heterocycles. The number of aliphatic hydroxyl groups excluding tert-OH is 1. The van der Waals surface area contributed by atoms with Gasteiger partial charge in [0.1, 0.15) is 12.6 Å². The van der Waals surface area contributed by atoms with Crippen molar-refractivity contribution in [2.45, 2.75) is 25.4 Å². The third-order valence-electron chi connectivity index (χ3n) is 3.04. The molecule has 24 heavy (non-hydrogen) atoms. The van der Waals surface area contributed by atoms with Gasteiger partial charge in [-0.1, -0.05) is 11.8 Å². The minimum atomic E-state index is -0.973. The summed E-state index contributed by atoms with van der Waals surface area (Å²) in [5, 5.41) is 11.1. The number of nitrogens with one attached hydrogen (secondary N) is 1. The Morgan fingerprint density at radius 3 is 2.42 bits per heavy atom. The zero-order valence-electron chi connectivity index (χ0n) is 13.8. The molecule has 6 nitrogen and oxygen atoms in total. The molecule has 0 aromatic heterocycles. The van der Waals surface area contributed by atoms with Gasteiger partial charge in [0.15, 0.2) is 0 Å². The van der Waals surface area contributed by atoms with Crippen LogP contribution >= 0.6 is 0 Å². The highest BCUT2D eigenvalue weighted by Gasteiger charge is 2.34. The van der Waals surface area contributed by atoms with Crippen molar-refractivity contribution in [1.82, 2.24) is 5.32 Å². The van der Waals surface area contributed by atoms with Crippen LogP contribution in [0.4, 0.5) is 0 Å². The number of carbonyl (C=O) groups is 2. The lowest BCUT2D eigenvalue weighted by Gasteiger charge is -2.28. The van der Waals surface area contributed by atoms with E-state index in [1.54, 1.807) is 38.1 Å². The number of ether oxygens (including phenoxy) is 1. The summed E-state index contributed by atoms with van der Waals surface area (Å²) in [4.78, 5) is 24.1. The van der Waals surface area contributed by atoms with Crippen molar-refractivity contribution >= 4 is 11.9 Å². The van der Waals surface area contributed by atoms with E-state index in [1.807, 2.05) is 0 Å². The number of hydrogen-bond acceptors (Lipinski definition) is 5. The number of methoxy groups -OCH3 is 1. The average molecular weight is 328 g/mol. The predicted molar refractivity (Wildman–Crippen MR) is 89.7 cm³/mol. The normalized spacial score (nSPS) is 11.2. The first-order chi connectivity index (χ1) is 11.3. The van der Waals surface area contributed by atoms with Crippen LogP contribution < -0.4 is 11.1 Å². The molecule has 4 N–H and O–H groups in total. The second kappa shape index (κ2) is 8.73. The van der Waals surface area contributed by atoms with Gasteiger partial charge < -0.3 is 20.9 Å². The van der Waals surface area contributed by atoms with Crippen molar-refractivity contribution in [3.05, 3.63) is 35.4 Å². The molecule has 126 valence electrons. The van der Waals surface area contributed by atoms with E-state index >= 15 is 0 Å². The standard InChI is InChI=1S/C18H20N2O4/c1-18(2,19)15(17(23)24-3)20-16(22)14-10-8-13(9-11-14)7-5-4-6-12-21/h8-11,15,21H,12,19H2,1-3H3,(H,20,22)/t15-/m1/s1. The first-order valence-corrected chi connectivity index (χ1v) is 7.17. The number of benzene rings is 1. The highest BCUT2D eigenvalue weighted by molar-refractivity contribution is 5.97. The molecular formula is C18H20N2O4. The summed E-state index contributed by atoms with van der Waals surface area (Å²) >= 11 is 0. The van der Waals surface area contributed by atoms with Crippen molar-refractivity contribution in [3.63, 3.8) is 0 Å². The molecule has 1 aromatic rings. The van der Waals surface area contributed by atoms with Crippen LogP contribution in [0.5, 0.6) is 0 Å². The number of hydrogen-bond donors (Lipinski definition) is 3. The molecule has 0 fully saturated rings. The largest absolute Gasteiger partial charge is 0.467 e. The van der Waals surface area contributed by atoms with Gasteiger partial charge in [-0.15, -0.1) is 0 Å². The van der Waals surface area contributed by atoms with E-state index in [1.165, 1.54) is 7.11 Å². The smallest absolute Gasteiger partial charge is 0.330 e. The van der Waals surface area contributed by atoms with Gasteiger partial charge in [0, 0.05) is 16.7 Å². The van der Waals surface area contributed by atoms with E-state index in [0.717, 1.165) is 0 Å². The highest BCUT2D eigenvalue weighted by Crippen LogP contribution is 2.09. The Labute approximate surface area is 141 Å². The second-order valence-corrected chi connectivity index (χ2v) is 5.54. The number of esters is 1. The van der Waals surface area contributed by atoms with Gasteiger partial charge in [-0.2, -0.15) is 0 Å². The molecule has 1 amide bonds. The Morgan fingerprint density at radius 1 is 1.29 bits per heavy atom. The molecule has 6 heteroatoms. The summed E-state index contributed by atoms with van der Waals surface area (Å²) < 4.78 is 4.68. The van der Waals surface area contributed by atoms with Crippen LogP contribution in [0.15, 0.2) is 24.3 Å². The second-order valence-electron chi connectivity index (χ2n) is 5.54. The van der Waals surface area contributed by atoms with Gasteiger partial charge in [-0.25, -0.2) is 4.79 Å². The third kappa shape index (κ3) is 5.77. The molecule has 1 rings (SSSR count). The van der Waals surface area contributed by atoms with Crippen LogP contribution in [0, 0.1) is 23.7 Å². The summed E-state index contributed by atoms with van der Waals surface area (Å²) in [7, 11) is 1.24. The van der Waals surface area contributed by atoms with Crippen molar-refractivity contribution in [2.75, 3.05) is 13.7 Å². The molecule has 0 radical (unpaired) electrons. The van der Waals surface area contributed by atoms with E-state index < -0.39 is 23.5 Å². The molecule has 0 aliphatic carbocycles. The van der Waals surface area contributed by atoms with Crippen LogP contribution in [0.3, 0.4) is 0 Å². The lowest BCUT2D eigenvalue weighted by atomic mass is 9.95. The Morgan fingerprint density at radius 2 is 1.92 bits per heavy atom. The van der Waals surface area contributed by atoms with E-state index in [-0.39, 0.29) is 6.61 Å². The van der Waals surface area contributed by atoms with Crippen molar-refractivity contribution in [2.24, 2.45) is 5.73 Å². The SMILES string of the molecule is COC(=O)[C@@H](NC(=O)c1ccc(C#CC#CCO)cc1)C(C)(C)N. The Bertz CT molecular complexity index is 710. The first-order valence-electron chi connectivity index (χ1n) is 7.17. The molecule has 0 aliphatic rings. The van der Waals surface area contributed by atoms with Crippen LogP contribution in [0.2, 0.25) is 0 Å². The maximum atomic E-state index is 12.3. The van der Waals surface area contributed by atoms with Crippen molar-refractivity contribution in [1.29, 1.82) is 0 Å². The number of carbonyl (C=O) groups excluding carboxylic acids is 2. The zero-order valence-corrected chi connectivity index (χ0v) is 13.8. The monoisotopic (exact) mass is 328 g/mol. The minimum absolute atomic E-state index is 0.243.